The Kier molecular flexibility index (Phi) is 5.77. The van der Waals surface area contributed by atoms with Crippen molar-refractivity contribution in [3.63, 3.8) is 0 Å². The number of benzene rings is 1. The number of nitrogens with one attached hydrogen (secondary N) is 2. The van der Waals surface area contributed by atoms with Gasteiger partial charge in [-0.1, -0.05) is 0 Å². The van der Waals surface area contributed by atoms with Crippen molar-refractivity contribution in [3.05, 3.63) is 46.3 Å². The van der Waals surface area contributed by atoms with E-state index in [0.717, 1.165) is 23.4 Å². The summed E-state index contributed by atoms with van der Waals surface area (Å²) in [6.45, 7) is 9.57. The first-order valence-corrected chi connectivity index (χ1v) is 9.82. The van der Waals surface area contributed by atoms with Crippen molar-refractivity contribution in [3.8, 4) is 0 Å². The normalized spacial score (nSPS) is 13.8. The van der Waals surface area contributed by atoms with Gasteiger partial charge in [0.1, 0.15) is 0 Å². The standard InChI is InChI=1S/C22H27N3O4/c1-6-29-22(28)19-12(2)20(24-13(19)3)21(27)14(4)23-17-7-8-18-16(11-17)9-10-25(18)15(5)26/h7-8,11,14,23-24H,6,9-10H2,1-5H3/t14-/m1/s1. The molecule has 3 rings (SSSR count). The molecule has 0 fully saturated rings. The second-order valence-electron chi connectivity index (χ2n) is 7.34. The summed E-state index contributed by atoms with van der Waals surface area (Å²) < 4.78 is 5.09. The van der Waals surface area contributed by atoms with Gasteiger partial charge < -0.3 is 19.9 Å². The van der Waals surface area contributed by atoms with Crippen LogP contribution >= 0.6 is 0 Å². The highest BCUT2D eigenvalue weighted by Crippen LogP contribution is 2.31. The summed E-state index contributed by atoms with van der Waals surface area (Å²) in [5.41, 5.74) is 4.89. The largest absolute Gasteiger partial charge is 0.462 e. The lowest BCUT2D eigenvalue weighted by molar-refractivity contribution is -0.116. The highest BCUT2D eigenvalue weighted by Gasteiger charge is 2.26. The first-order valence-electron chi connectivity index (χ1n) is 9.82. The van der Waals surface area contributed by atoms with Crippen LogP contribution in [0.3, 0.4) is 0 Å². The van der Waals surface area contributed by atoms with Crippen LogP contribution in [-0.4, -0.2) is 41.8 Å². The molecule has 1 aromatic carbocycles. The quantitative estimate of drug-likeness (QED) is 0.576. The summed E-state index contributed by atoms with van der Waals surface area (Å²) in [6.07, 6.45) is 0.796. The predicted octanol–water partition coefficient (Wildman–Crippen LogP) is 3.40. The van der Waals surface area contributed by atoms with E-state index in [4.69, 9.17) is 4.74 Å². The lowest BCUT2D eigenvalue weighted by Crippen LogP contribution is -2.27. The number of nitrogens with zero attached hydrogens (tertiary/aromatic N) is 1. The monoisotopic (exact) mass is 397 g/mol. The molecule has 7 nitrogen and oxygen atoms in total. The van der Waals surface area contributed by atoms with Crippen molar-refractivity contribution >= 4 is 29.0 Å². The molecule has 1 atom stereocenters. The number of fused-ring (bicyclic) bond motifs is 1. The van der Waals surface area contributed by atoms with Crippen LogP contribution in [-0.2, 0) is 16.0 Å². The van der Waals surface area contributed by atoms with Crippen molar-refractivity contribution in [2.24, 2.45) is 0 Å². The van der Waals surface area contributed by atoms with E-state index >= 15 is 0 Å². The van der Waals surface area contributed by atoms with Gasteiger partial charge in [-0.15, -0.1) is 0 Å². The first-order chi connectivity index (χ1) is 13.7. The van der Waals surface area contributed by atoms with Gasteiger partial charge in [-0.3, -0.25) is 9.59 Å². The third-order valence-corrected chi connectivity index (χ3v) is 5.30. The number of hydrogen-bond acceptors (Lipinski definition) is 5. The summed E-state index contributed by atoms with van der Waals surface area (Å²) in [6, 6.07) is 5.27. The second kappa shape index (κ2) is 8.11. The Hall–Kier alpha value is -3.09. The number of H-pyrrole nitrogens is 1. The molecule has 154 valence electrons. The van der Waals surface area contributed by atoms with E-state index in [1.807, 2.05) is 18.2 Å². The number of carbonyl (C=O) groups excluding carboxylic acids is 3. The number of Topliss-reactive ketones (excluding diaryl/α,β-unsaturated/α-hetero) is 1. The van der Waals surface area contributed by atoms with E-state index in [9.17, 15) is 14.4 Å². The summed E-state index contributed by atoms with van der Waals surface area (Å²) in [5, 5.41) is 3.24. The molecule has 0 saturated carbocycles. The fourth-order valence-electron chi connectivity index (χ4n) is 3.86. The Morgan fingerprint density at radius 1 is 1.28 bits per heavy atom. The third kappa shape index (κ3) is 3.90. The van der Waals surface area contributed by atoms with Gasteiger partial charge in [0.25, 0.3) is 0 Å². The molecule has 1 aromatic heterocycles. The molecule has 29 heavy (non-hydrogen) atoms. The van der Waals surface area contributed by atoms with Gasteiger partial charge in [-0.2, -0.15) is 0 Å². The number of carbonyl (C=O) groups is 3. The Bertz CT molecular complexity index is 977. The molecule has 2 heterocycles. The minimum atomic E-state index is -0.495. The zero-order valence-electron chi connectivity index (χ0n) is 17.5. The van der Waals surface area contributed by atoms with E-state index in [-0.39, 0.29) is 18.3 Å². The van der Waals surface area contributed by atoms with Crippen LogP contribution in [0.5, 0.6) is 0 Å². The van der Waals surface area contributed by atoms with Gasteiger partial charge >= 0.3 is 5.97 Å². The van der Waals surface area contributed by atoms with E-state index in [0.29, 0.717) is 29.1 Å². The van der Waals surface area contributed by atoms with Crippen LogP contribution in [0.4, 0.5) is 11.4 Å². The van der Waals surface area contributed by atoms with Crippen LogP contribution in [0.15, 0.2) is 18.2 Å². The zero-order chi connectivity index (χ0) is 21.3. The number of aromatic nitrogens is 1. The van der Waals surface area contributed by atoms with Crippen molar-refractivity contribution in [2.75, 3.05) is 23.4 Å². The topological polar surface area (TPSA) is 91.5 Å². The number of rotatable bonds is 6. The number of amides is 1. The Morgan fingerprint density at radius 3 is 2.66 bits per heavy atom. The number of ketones is 1. The molecule has 1 aliphatic rings. The Labute approximate surface area is 170 Å². The van der Waals surface area contributed by atoms with E-state index in [2.05, 4.69) is 10.3 Å². The van der Waals surface area contributed by atoms with Gasteiger partial charge in [0.15, 0.2) is 0 Å². The Balaban J connectivity index is 1.78. The maximum atomic E-state index is 13.0. The summed E-state index contributed by atoms with van der Waals surface area (Å²) in [4.78, 5) is 41.7. The molecule has 0 radical (unpaired) electrons. The van der Waals surface area contributed by atoms with Crippen LogP contribution < -0.4 is 10.2 Å². The lowest BCUT2D eigenvalue weighted by atomic mass is 10.0. The summed E-state index contributed by atoms with van der Waals surface area (Å²) in [7, 11) is 0. The van der Waals surface area contributed by atoms with Gasteiger partial charge in [-0.25, -0.2) is 4.79 Å². The molecule has 0 spiro atoms. The van der Waals surface area contributed by atoms with Crippen LogP contribution in [0.2, 0.25) is 0 Å². The van der Waals surface area contributed by atoms with E-state index < -0.39 is 12.0 Å². The fourth-order valence-corrected chi connectivity index (χ4v) is 3.86. The van der Waals surface area contributed by atoms with E-state index in [1.165, 1.54) is 0 Å². The average Bonchev–Trinajstić information content (AvgIpc) is 3.21. The van der Waals surface area contributed by atoms with Crippen molar-refractivity contribution < 1.29 is 19.1 Å². The van der Waals surface area contributed by atoms with Crippen molar-refractivity contribution in [1.82, 2.24) is 4.98 Å². The highest BCUT2D eigenvalue weighted by atomic mass is 16.5. The maximum absolute atomic E-state index is 13.0. The van der Waals surface area contributed by atoms with Crippen LogP contribution in [0.25, 0.3) is 0 Å². The predicted molar refractivity (Wildman–Crippen MR) is 112 cm³/mol. The SMILES string of the molecule is CCOC(=O)c1c(C)[nH]c(C(=O)[C@@H](C)Nc2ccc3c(c2)CCN3C(C)=O)c1C. The molecule has 0 bridgehead atoms. The molecule has 1 aliphatic heterocycles. The fraction of sp³-hybridized carbons (Fsp3) is 0.409. The molecular formula is C22H27N3O4. The Morgan fingerprint density at radius 2 is 2.00 bits per heavy atom. The third-order valence-electron chi connectivity index (χ3n) is 5.30. The lowest BCUT2D eigenvalue weighted by Gasteiger charge is -2.17. The zero-order valence-corrected chi connectivity index (χ0v) is 17.5. The van der Waals surface area contributed by atoms with Gasteiger partial charge in [0.2, 0.25) is 11.7 Å². The average molecular weight is 397 g/mol. The smallest absolute Gasteiger partial charge is 0.340 e. The molecule has 0 aliphatic carbocycles. The van der Waals surface area contributed by atoms with Gasteiger partial charge in [0.05, 0.1) is 23.9 Å². The molecular weight excluding hydrogens is 370 g/mol. The van der Waals surface area contributed by atoms with Crippen molar-refractivity contribution in [1.29, 1.82) is 0 Å². The molecule has 1 amide bonds. The number of anilines is 2. The molecule has 0 saturated heterocycles. The molecule has 2 N–H and O–H groups in total. The van der Waals surface area contributed by atoms with Crippen LogP contribution in [0, 0.1) is 13.8 Å². The minimum absolute atomic E-state index is 0.0306. The number of aryl methyl sites for hydroxylation is 1. The first kappa shape index (κ1) is 20.6. The number of esters is 1. The number of ether oxygens (including phenoxy) is 1. The number of hydrogen-bond donors (Lipinski definition) is 2. The van der Waals surface area contributed by atoms with Crippen molar-refractivity contribution in [2.45, 2.75) is 47.1 Å². The second-order valence-corrected chi connectivity index (χ2v) is 7.34. The molecule has 2 aromatic rings. The van der Waals surface area contributed by atoms with Gasteiger partial charge in [0, 0.05) is 30.5 Å². The minimum Gasteiger partial charge on any atom is -0.462 e. The van der Waals surface area contributed by atoms with E-state index in [1.54, 1.807) is 39.5 Å². The summed E-state index contributed by atoms with van der Waals surface area (Å²) >= 11 is 0. The summed E-state index contributed by atoms with van der Waals surface area (Å²) in [5.74, 6) is -0.526. The van der Waals surface area contributed by atoms with Crippen LogP contribution in [0.1, 0.15) is 58.4 Å². The molecule has 7 heteroatoms. The highest BCUT2D eigenvalue weighted by molar-refractivity contribution is 6.05. The van der Waals surface area contributed by atoms with Gasteiger partial charge in [-0.05, 0) is 63.4 Å². The molecule has 0 unspecified atom stereocenters. The maximum Gasteiger partial charge on any atom is 0.340 e. The number of aromatic amines is 1.